The zero-order chi connectivity index (χ0) is 25.8. The van der Waals surface area contributed by atoms with Gasteiger partial charge in [0.25, 0.3) is 0 Å². The van der Waals surface area contributed by atoms with E-state index in [4.69, 9.17) is 10.5 Å². The fraction of sp³-hybridized carbons (Fsp3) is 0.542. The molecule has 0 aliphatic carbocycles. The Morgan fingerprint density at radius 3 is 2.71 bits per heavy atom. The lowest BCUT2D eigenvalue weighted by Gasteiger charge is -2.20. The van der Waals surface area contributed by atoms with Gasteiger partial charge in [-0.15, -0.1) is 0 Å². The molecule has 11 heteroatoms. The molecular weight excluding hydrogens is 463 g/mol. The van der Waals surface area contributed by atoms with Gasteiger partial charge in [-0.1, -0.05) is 19.4 Å². The van der Waals surface area contributed by atoms with Gasteiger partial charge in [-0.3, -0.25) is 0 Å². The van der Waals surface area contributed by atoms with Gasteiger partial charge in [0, 0.05) is 23.6 Å². The van der Waals surface area contributed by atoms with Gasteiger partial charge in [0.15, 0.2) is 0 Å². The van der Waals surface area contributed by atoms with Gasteiger partial charge in [0.2, 0.25) is 5.95 Å². The summed E-state index contributed by atoms with van der Waals surface area (Å²) in [4.78, 5) is 23.2. The zero-order valence-electron chi connectivity index (χ0n) is 20.2. The molecule has 1 unspecified atom stereocenters. The summed E-state index contributed by atoms with van der Waals surface area (Å²) >= 11 is 0. The van der Waals surface area contributed by atoms with Crippen LogP contribution in [0.1, 0.15) is 61.9 Å². The van der Waals surface area contributed by atoms with Crippen LogP contribution in [0.15, 0.2) is 12.1 Å². The normalized spacial score (nSPS) is 14.1. The molecular formula is C24H32F3N5O3. The van der Waals surface area contributed by atoms with Gasteiger partial charge >= 0.3 is 12.2 Å². The number of aliphatic hydroxyl groups is 1. The summed E-state index contributed by atoms with van der Waals surface area (Å²) in [6.45, 7) is 5.89. The molecule has 0 fully saturated rings. The Balaban J connectivity index is 1.93. The maximum absolute atomic E-state index is 12.8. The number of aryl methyl sites for hydroxylation is 1. The first-order chi connectivity index (χ1) is 16.5. The number of ether oxygens (including phenoxy) is 1. The molecule has 192 valence electrons. The molecule has 1 aromatic heterocycles. The van der Waals surface area contributed by atoms with E-state index >= 15 is 0 Å². The number of alkyl halides is 3. The third kappa shape index (κ3) is 6.74. The van der Waals surface area contributed by atoms with Crippen LogP contribution in [-0.4, -0.2) is 44.8 Å². The predicted molar refractivity (Wildman–Crippen MR) is 125 cm³/mol. The van der Waals surface area contributed by atoms with Crippen molar-refractivity contribution in [1.29, 1.82) is 0 Å². The summed E-state index contributed by atoms with van der Waals surface area (Å²) in [5, 5.41) is 12.6. The van der Waals surface area contributed by atoms with E-state index in [1.165, 1.54) is 0 Å². The number of benzene rings is 1. The molecule has 2 aromatic rings. The van der Waals surface area contributed by atoms with Gasteiger partial charge in [-0.05, 0) is 43.9 Å². The number of urea groups is 1. The maximum Gasteiger partial charge on any atom is 0.389 e. The molecule has 0 saturated heterocycles. The van der Waals surface area contributed by atoms with Crippen LogP contribution in [0, 0.1) is 6.92 Å². The van der Waals surface area contributed by atoms with Crippen LogP contribution in [0.3, 0.4) is 0 Å². The third-order valence-electron chi connectivity index (χ3n) is 5.82. The Hall–Kier alpha value is -3.08. The highest BCUT2D eigenvalue weighted by atomic mass is 19.4. The molecule has 2 amide bonds. The fourth-order valence-corrected chi connectivity index (χ4v) is 4.22. The van der Waals surface area contributed by atoms with Crippen molar-refractivity contribution in [3.63, 3.8) is 0 Å². The number of fused-ring (bicyclic) bond motifs is 1. The zero-order valence-corrected chi connectivity index (χ0v) is 20.2. The molecule has 2 heterocycles. The van der Waals surface area contributed by atoms with Crippen LogP contribution in [0.2, 0.25) is 0 Å². The van der Waals surface area contributed by atoms with E-state index in [-0.39, 0.29) is 50.7 Å². The number of hydrogen-bond donors (Lipinski definition) is 3. The van der Waals surface area contributed by atoms with Crippen molar-refractivity contribution in [2.45, 2.75) is 78.4 Å². The minimum absolute atomic E-state index is 0.0222. The number of carbonyl (C=O) groups is 1. The second-order valence-electron chi connectivity index (χ2n) is 8.86. The van der Waals surface area contributed by atoms with Crippen molar-refractivity contribution in [1.82, 2.24) is 20.2 Å². The predicted octanol–water partition coefficient (Wildman–Crippen LogP) is 4.46. The highest BCUT2D eigenvalue weighted by Gasteiger charge is 2.31. The summed E-state index contributed by atoms with van der Waals surface area (Å²) in [6.07, 6.45) is -3.63. The van der Waals surface area contributed by atoms with Gasteiger partial charge < -0.3 is 25.8 Å². The molecule has 0 bridgehead atoms. The van der Waals surface area contributed by atoms with Gasteiger partial charge in [-0.2, -0.15) is 13.2 Å². The Labute approximate surface area is 202 Å². The number of halogens is 3. The first-order valence-corrected chi connectivity index (χ1v) is 11.7. The molecule has 1 aliphatic rings. The van der Waals surface area contributed by atoms with E-state index in [9.17, 15) is 23.1 Å². The minimum atomic E-state index is -4.27. The van der Waals surface area contributed by atoms with Gasteiger partial charge in [-0.25, -0.2) is 14.8 Å². The average molecular weight is 496 g/mol. The van der Waals surface area contributed by atoms with E-state index in [0.717, 1.165) is 12.8 Å². The van der Waals surface area contributed by atoms with Gasteiger partial charge in [0.1, 0.15) is 5.75 Å². The second kappa shape index (κ2) is 11.1. The Kier molecular flexibility index (Phi) is 8.42. The van der Waals surface area contributed by atoms with Crippen LogP contribution in [0.25, 0.3) is 11.3 Å². The molecule has 1 aromatic carbocycles. The van der Waals surface area contributed by atoms with Crippen LogP contribution >= 0.6 is 0 Å². The molecule has 0 saturated carbocycles. The van der Waals surface area contributed by atoms with Crippen molar-refractivity contribution < 1.29 is 27.8 Å². The van der Waals surface area contributed by atoms with E-state index in [1.54, 1.807) is 24.0 Å². The lowest BCUT2D eigenvalue weighted by atomic mass is 9.97. The molecule has 0 radical (unpaired) electrons. The first-order valence-electron chi connectivity index (χ1n) is 11.7. The average Bonchev–Trinajstić information content (AvgIpc) is 3.19. The van der Waals surface area contributed by atoms with Crippen molar-refractivity contribution in [2.75, 3.05) is 12.3 Å². The highest BCUT2D eigenvalue weighted by Crippen LogP contribution is 2.39. The largest absolute Gasteiger partial charge is 0.493 e. The van der Waals surface area contributed by atoms with Crippen LogP contribution in [0.4, 0.5) is 23.9 Å². The Morgan fingerprint density at radius 2 is 2.06 bits per heavy atom. The number of amides is 2. The SMILES string of the molecule is CCCC(C)NC(=O)N1Cc2nc(N)nc(-c3c(C)cc(CO)cc3OCCCC(F)(F)F)c2C1. The maximum atomic E-state index is 12.8. The monoisotopic (exact) mass is 495 g/mol. The van der Waals surface area contributed by atoms with Crippen molar-refractivity contribution >= 4 is 12.0 Å². The number of nitrogens with two attached hydrogens (primary N) is 1. The molecule has 1 aliphatic heterocycles. The van der Waals surface area contributed by atoms with Gasteiger partial charge in [0.05, 0.1) is 37.7 Å². The molecule has 4 N–H and O–H groups in total. The van der Waals surface area contributed by atoms with E-state index < -0.39 is 12.6 Å². The van der Waals surface area contributed by atoms with Crippen molar-refractivity contribution in [3.8, 4) is 17.0 Å². The number of nitrogens with one attached hydrogen (secondary N) is 1. The summed E-state index contributed by atoms with van der Waals surface area (Å²) in [5.74, 6) is 0.324. The standard InChI is InChI=1S/C24H32F3N5O3/c1-4-6-15(3)29-23(34)32-11-17-18(12-32)30-22(28)31-21(17)20-14(2)9-16(13-33)10-19(20)35-8-5-7-24(25,26)27/h9-10,15,33H,4-8,11-13H2,1-3H3,(H,29,34)(H2,28,30,31). The molecule has 35 heavy (non-hydrogen) atoms. The van der Waals surface area contributed by atoms with Crippen molar-refractivity contribution in [3.05, 3.63) is 34.5 Å². The van der Waals surface area contributed by atoms with E-state index in [0.29, 0.717) is 39.4 Å². The van der Waals surface area contributed by atoms with Crippen LogP contribution in [-0.2, 0) is 19.7 Å². The number of nitrogen functional groups attached to an aromatic ring is 1. The topological polar surface area (TPSA) is 114 Å². The second-order valence-corrected chi connectivity index (χ2v) is 8.86. The molecule has 3 rings (SSSR count). The number of hydrogen-bond acceptors (Lipinski definition) is 6. The quantitative estimate of drug-likeness (QED) is 0.443. The summed E-state index contributed by atoms with van der Waals surface area (Å²) in [5.41, 5.74) is 9.60. The minimum Gasteiger partial charge on any atom is -0.493 e. The Morgan fingerprint density at radius 1 is 1.31 bits per heavy atom. The molecule has 1 atom stereocenters. The third-order valence-corrected chi connectivity index (χ3v) is 5.82. The smallest absolute Gasteiger partial charge is 0.389 e. The molecule has 0 spiro atoms. The van der Waals surface area contributed by atoms with Crippen LogP contribution < -0.4 is 15.8 Å². The van der Waals surface area contributed by atoms with Crippen molar-refractivity contribution in [2.24, 2.45) is 0 Å². The number of carbonyl (C=O) groups excluding carboxylic acids is 1. The lowest BCUT2D eigenvalue weighted by molar-refractivity contribution is -0.136. The lowest BCUT2D eigenvalue weighted by Crippen LogP contribution is -2.41. The highest BCUT2D eigenvalue weighted by molar-refractivity contribution is 5.79. The summed E-state index contributed by atoms with van der Waals surface area (Å²) in [6, 6.07) is 3.15. The number of aliphatic hydroxyl groups excluding tert-OH is 1. The number of aromatic nitrogens is 2. The number of nitrogens with zero attached hydrogens (tertiary/aromatic N) is 3. The summed E-state index contributed by atoms with van der Waals surface area (Å²) < 4.78 is 43.5. The van der Waals surface area contributed by atoms with E-state index in [1.807, 2.05) is 13.8 Å². The number of anilines is 1. The van der Waals surface area contributed by atoms with E-state index in [2.05, 4.69) is 15.3 Å². The number of rotatable bonds is 9. The fourth-order valence-electron chi connectivity index (χ4n) is 4.22. The van der Waals surface area contributed by atoms with Crippen LogP contribution in [0.5, 0.6) is 5.75 Å². The first kappa shape index (κ1) is 26.5. The molecule has 8 nitrogen and oxygen atoms in total. The summed E-state index contributed by atoms with van der Waals surface area (Å²) in [7, 11) is 0. The Bertz CT molecular complexity index is 1060.